The number of nitrogens with one attached hydrogen (secondary N) is 1. The predicted molar refractivity (Wildman–Crippen MR) is 159 cm³/mol. The van der Waals surface area contributed by atoms with E-state index in [1.807, 2.05) is 12.1 Å². The van der Waals surface area contributed by atoms with Crippen molar-refractivity contribution >= 4 is 39.5 Å². The number of rotatable bonds is 8. The highest BCUT2D eigenvalue weighted by atomic mass is 16.2. The van der Waals surface area contributed by atoms with Crippen LogP contribution in [0.1, 0.15) is 60.0 Å². The number of carbonyl (C=O) groups excluding carboxylic acids is 2. The second-order valence-corrected chi connectivity index (χ2v) is 10.8. The van der Waals surface area contributed by atoms with Gasteiger partial charge in [-0.15, -0.1) is 6.58 Å². The summed E-state index contributed by atoms with van der Waals surface area (Å²) in [6.07, 6.45) is 10.6. The number of piperidine rings is 1. The summed E-state index contributed by atoms with van der Waals surface area (Å²) in [5.74, 6) is 0.188. The molecule has 0 bridgehead atoms. The molecule has 2 aliphatic rings. The first-order valence-corrected chi connectivity index (χ1v) is 14.1. The number of nitrogens with zero attached hydrogens (tertiary/aromatic N) is 3. The van der Waals surface area contributed by atoms with Gasteiger partial charge in [-0.2, -0.15) is 0 Å². The van der Waals surface area contributed by atoms with Crippen LogP contribution in [0, 0.1) is 0 Å². The molecule has 0 spiro atoms. The Labute approximate surface area is 229 Å². The standard InChI is InChI=1S/C33H36N4O2/c1-4-6-10-30(32(38)34-3)37-29-14-13-26(27-8-7-9-28(31(27)29)33(37)39)23-15-17-35(18-16-23)25-19-24-12-11-22(5-2)20-36(24)21-25/h4,7-9,11-14,19-21,23,30H,1,5-6,10,15-18H2,2-3H3,(H,34,38). The number of aromatic nitrogens is 1. The molecule has 4 aromatic rings. The third-order valence-electron chi connectivity index (χ3n) is 8.61. The second kappa shape index (κ2) is 10.3. The van der Waals surface area contributed by atoms with Crippen molar-refractivity contribution < 1.29 is 9.59 Å². The molecule has 39 heavy (non-hydrogen) atoms. The molecule has 2 aliphatic heterocycles. The first-order valence-electron chi connectivity index (χ1n) is 14.1. The summed E-state index contributed by atoms with van der Waals surface area (Å²) in [7, 11) is 1.63. The van der Waals surface area contributed by atoms with Crippen LogP contribution < -0.4 is 15.1 Å². The summed E-state index contributed by atoms with van der Waals surface area (Å²) in [5.41, 5.74) is 6.70. The molecule has 0 aliphatic carbocycles. The van der Waals surface area contributed by atoms with E-state index < -0.39 is 6.04 Å². The van der Waals surface area contributed by atoms with Gasteiger partial charge in [0.15, 0.2) is 0 Å². The largest absolute Gasteiger partial charge is 0.370 e. The lowest BCUT2D eigenvalue weighted by molar-refractivity contribution is -0.121. The molecule has 2 aromatic carbocycles. The van der Waals surface area contributed by atoms with Crippen molar-refractivity contribution in [1.29, 1.82) is 0 Å². The number of benzene rings is 2. The Hall–Kier alpha value is -4.06. The average molecular weight is 521 g/mol. The minimum atomic E-state index is -0.559. The van der Waals surface area contributed by atoms with Crippen molar-refractivity contribution in [2.75, 3.05) is 29.9 Å². The number of amides is 2. The molecule has 6 rings (SSSR count). The number of hydrogen-bond acceptors (Lipinski definition) is 3. The fraction of sp³-hybridized carbons (Fsp3) is 0.333. The normalized spacial score (nSPS) is 16.3. The molecule has 1 saturated heterocycles. The van der Waals surface area contributed by atoms with Gasteiger partial charge in [0.25, 0.3) is 5.91 Å². The number of anilines is 2. The molecule has 0 saturated carbocycles. The Morgan fingerprint density at radius 2 is 1.95 bits per heavy atom. The van der Waals surface area contributed by atoms with Crippen molar-refractivity contribution in [2.24, 2.45) is 0 Å². The van der Waals surface area contributed by atoms with Crippen molar-refractivity contribution in [2.45, 2.75) is 51.0 Å². The van der Waals surface area contributed by atoms with Gasteiger partial charge in [-0.25, -0.2) is 0 Å². The highest BCUT2D eigenvalue weighted by Gasteiger charge is 2.38. The topological polar surface area (TPSA) is 57.1 Å². The number of aryl methyl sites for hydroxylation is 1. The summed E-state index contributed by atoms with van der Waals surface area (Å²) in [5, 5.41) is 4.88. The van der Waals surface area contributed by atoms with E-state index in [0.717, 1.165) is 48.8 Å². The van der Waals surface area contributed by atoms with Gasteiger partial charge >= 0.3 is 0 Å². The number of hydrogen-bond donors (Lipinski definition) is 1. The number of likely N-dealkylation sites (N-methyl/N-ethyl adjacent to an activating group) is 1. The summed E-state index contributed by atoms with van der Waals surface area (Å²) in [4.78, 5) is 30.6. The third kappa shape index (κ3) is 4.28. The molecule has 6 heteroatoms. The lowest BCUT2D eigenvalue weighted by atomic mass is 9.85. The zero-order chi connectivity index (χ0) is 27.1. The summed E-state index contributed by atoms with van der Waals surface area (Å²) >= 11 is 0. The van der Waals surface area contributed by atoms with Gasteiger partial charge in [-0.1, -0.05) is 37.3 Å². The second-order valence-electron chi connectivity index (χ2n) is 10.8. The number of carbonyl (C=O) groups is 2. The monoisotopic (exact) mass is 520 g/mol. The molecule has 2 aromatic heterocycles. The number of allylic oxidation sites excluding steroid dienone is 1. The molecule has 4 heterocycles. The zero-order valence-electron chi connectivity index (χ0n) is 22.8. The Morgan fingerprint density at radius 1 is 1.13 bits per heavy atom. The highest BCUT2D eigenvalue weighted by molar-refractivity contribution is 6.27. The summed E-state index contributed by atoms with van der Waals surface area (Å²) in [6.45, 7) is 7.99. The van der Waals surface area contributed by atoms with E-state index in [1.54, 1.807) is 18.0 Å². The molecule has 0 radical (unpaired) electrons. The van der Waals surface area contributed by atoms with E-state index in [2.05, 4.69) is 76.9 Å². The van der Waals surface area contributed by atoms with Crippen LogP contribution in [0.15, 0.2) is 73.6 Å². The van der Waals surface area contributed by atoms with E-state index in [4.69, 9.17) is 0 Å². The van der Waals surface area contributed by atoms with Gasteiger partial charge in [0.2, 0.25) is 5.91 Å². The van der Waals surface area contributed by atoms with Gasteiger partial charge in [0.05, 0.1) is 11.4 Å². The predicted octanol–water partition coefficient (Wildman–Crippen LogP) is 6.08. The molecule has 2 amide bonds. The molecule has 1 N–H and O–H groups in total. The molecule has 6 nitrogen and oxygen atoms in total. The third-order valence-corrected chi connectivity index (χ3v) is 8.61. The summed E-state index contributed by atoms with van der Waals surface area (Å²) < 4.78 is 2.24. The maximum Gasteiger partial charge on any atom is 0.259 e. The minimum absolute atomic E-state index is 0.0905. The molecular formula is C33H36N4O2. The van der Waals surface area contributed by atoms with Gasteiger partial charge in [-0.05, 0) is 78.8 Å². The van der Waals surface area contributed by atoms with Crippen LogP contribution in [0.3, 0.4) is 0 Å². The molecule has 1 fully saturated rings. The molecule has 1 atom stereocenters. The molecule has 200 valence electrons. The first kappa shape index (κ1) is 25.2. The van der Waals surface area contributed by atoms with Crippen LogP contribution in [0.2, 0.25) is 0 Å². The average Bonchev–Trinajstić information content (AvgIpc) is 3.53. The van der Waals surface area contributed by atoms with Crippen LogP contribution in [-0.2, 0) is 11.2 Å². The van der Waals surface area contributed by atoms with Gasteiger partial charge in [-0.3, -0.25) is 14.5 Å². The highest BCUT2D eigenvalue weighted by Crippen LogP contribution is 2.44. The quantitative estimate of drug-likeness (QED) is 0.287. The van der Waals surface area contributed by atoms with Crippen molar-refractivity contribution in [3.8, 4) is 0 Å². The van der Waals surface area contributed by atoms with Crippen LogP contribution in [0.25, 0.3) is 16.3 Å². The maximum absolute atomic E-state index is 13.6. The smallest absolute Gasteiger partial charge is 0.259 e. The van der Waals surface area contributed by atoms with Crippen LogP contribution in [0.4, 0.5) is 11.4 Å². The zero-order valence-corrected chi connectivity index (χ0v) is 22.8. The lowest BCUT2D eigenvalue weighted by Gasteiger charge is -2.34. The van der Waals surface area contributed by atoms with E-state index in [9.17, 15) is 9.59 Å². The van der Waals surface area contributed by atoms with Crippen LogP contribution in [0.5, 0.6) is 0 Å². The van der Waals surface area contributed by atoms with Crippen molar-refractivity contribution in [3.05, 3.63) is 90.3 Å². The molecular weight excluding hydrogens is 484 g/mol. The summed E-state index contributed by atoms with van der Waals surface area (Å²) in [6, 6.07) is 16.4. The Kier molecular flexibility index (Phi) is 6.63. The van der Waals surface area contributed by atoms with Crippen LogP contribution in [-0.4, -0.2) is 42.4 Å². The fourth-order valence-corrected chi connectivity index (χ4v) is 6.49. The number of fused-ring (bicyclic) bond motifs is 1. The van der Waals surface area contributed by atoms with E-state index >= 15 is 0 Å². The Bertz CT molecular complexity index is 1580. The SMILES string of the molecule is C=CCCC(C(=O)NC)N1C(=O)c2cccc3c(C4CCN(c5cc6ccc(CC)cn6c5)CC4)ccc1c23. The molecule has 1 unspecified atom stereocenters. The Morgan fingerprint density at radius 3 is 2.69 bits per heavy atom. The van der Waals surface area contributed by atoms with E-state index in [1.165, 1.54) is 22.3 Å². The van der Waals surface area contributed by atoms with E-state index in [-0.39, 0.29) is 11.8 Å². The Balaban J connectivity index is 1.27. The van der Waals surface area contributed by atoms with Crippen molar-refractivity contribution in [3.63, 3.8) is 0 Å². The van der Waals surface area contributed by atoms with Crippen LogP contribution >= 0.6 is 0 Å². The van der Waals surface area contributed by atoms with Gasteiger partial charge in [0.1, 0.15) is 6.04 Å². The van der Waals surface area contributed by atoms with Gasteiger partial charge < -0.3 is 14.6 Å². The van der Waals surface area contributed by atoms with Gasteiger partial charge in [0, 0.05) is 49.0 Å². The first-order chi connectivity index (χ1) is 19.0. The maximum atomic E-state index is 13.6. The number of pyridine rings is 1. The van der Waals surface area contributed by atoms with Crippen molar-refractivity contribution in [1.82, 2.24) is 9.72 Å². The minimum Gasteiger partial charge on any atom is -0.370 e. The van der Waals surface area contributed by atoms with E-state index in [0.29, 0.717) is 24.3 Å². The lowest BCUT2D eigenvalue weighted by Crippen LogP contribution is -2.47. The fourth-order valence-electron chi connectivity index (χ4n) is 6.49.